The molecule has 2 aromatic carbocycles. The van der Waals surface area contributed by atoms with Gasteiger partial charge in [-0.25, -0.2) is 0 Å². The van der Waals surface area contributed by atoms with Crippen LogP contribution in [0.4, 0.5) is 11.4 Å². The van der Waals surface area contributed by atoms with Gasteiger partial charge in [-0.05, 0) is 24.3 Å². The summed E-state index contributed by atoms with van der Waals surface area (Å²) in [6, 6.07) is 17.7. The Kier molecular flexibility index (Phi) is 16.5. The number of hydrogen-bond acceptors (Lipinski definition) is 2. The highest BCUT2D eigenvalue weighted by molar-refractivity contribution is 6.43. The van der Waals surface area contributed by atoms with Crippen molar-refractivity contribution < 1.29 is 9.59 Å². The minimum absolute atomic E-state index is 0.589. The monoisotopic (exact) mass is 330 g/mol. The molecule has 132 valence electrons. The number of anilines is 2. The summed E-state index contributed by atoms with van der Waals surface area (Å²) in [6.45, 7) is 12.0. The van der Waals surface area contributed by atoms with Crippen molar-refractivity contribution in [3.05, 3.63) is 60.7 Å². The van der Waals surface area contributed by atoms with Crippen LogP contribution in [0.15, 0.2) is 60.7 Å². The Labute approximate surface area is 146 Å². The second-order valence-electron chi connectivity index (χ2n) is 3.64. The molecule has 0 fully saturated rings. The molecule has 0 aliphatic carbocycles. The highest BCUT2D eigenvalue weighted by Crippen LogP contribution is 2.07. The second kappa shape index (κ2) is 16.7. The van der Waals surface area contributed by atoms with E-state index in [0.29, 0.717) is 11.4 Å². The number of nitrogens with one attached hydrogen (secondary N) is 2. The number of carbonyl (C=O) groups is 2. The molecule has 0 spiro atoms. The number of carbonyl (C=O) groups excluding carboxylic acids is 2. The molecule has 2 aromatic rings. The summed E-state index contributed by atoms with van der Waals surface area (Å²) in [7, 11) is 0. The molecule has 0 unspecified atom stereocenters. The number of para-hydroxylation sites is 2. The molecule has 0 saturated carbocycles. The Morgan fingerprint density at radius 3 is 1.04 bits per heavy atom. The molecule has 0 bridgehead atoms. The summed E-state index contributed by atoms with van der Waals surface area (Å²) in [5.41, 5.74) is 1.18. The normalized spacial score (nSPS) is 7.92. The van der Waals surface area contributed by atoms with Crippen LogP contribution >= 0.6 is 0 Å². The quantitative estimate of drug-likeness (QED) is 0.730. The van der Waals surface area contributed by atoms with Crippen molar-refractivity contribution in [3.8, 4) is 0 Å². The van der Waals surface area contributed by atoms with E-state index in [-0.39, 0.29) is 0 Å². The van der Waals surface area contributed by atoms with E-state index in [1.807, 2.05) is 53.7 Å². The van der Waals surface area contributed by atoms with Crippen LogP contribution in [-0.4, -0.2) is 11.8 Å². The van der Waals surface area contributed by atoms with Gasteiger partial charge >= 0.3 is 11.8 Å². The van der Waals surface area contributed by atoms with Crippen LogP contribution in [0.25, 0.3) is 0 Å². The fraction of sp³-hybridized carbons (Fsp3) is 0.300. The Morgan fingerprint density at radius 1 is 0.542 bits per heavy atom. The summed E-state index contributed by atoms with van der Waals surface area (Å²) in [4.78, 5) is 23.2. The van der Waals surface area contributed by atoms with Gasteiger partial charge < -0.3 is 10.6 Å². The first-order valence-electron chi connectivity index (χ1n) is 8.48. The average molecular weight is 330 g/mol. The zero-order valence-electron chi connectivity index (χ0n) is 15.6. The van der Waals surface area contributed by atoms with E-state index in [1.165, 1.54) is 0 Å². The molecular formula is C20H30N2O2. The third kappa shape index (κ3) is 10.2. The molecule has 4 nitrogen and oxygen atoms in total. The van der Waals surface area contributed by atoms with Gasteiger partial charge in [0.1, 0.15) is 0 Å². The summed E-state index contributed by atoms with van der Waals surface area (Å²) in [6.07, 6.45) is 0. The van der Waals surface area contributed by atoms with Crippen LogP contribution in [0, 0.1) is 0 Å². The van der Waals surface area contributed by atoms with Crippen LogP contribution < -0.4 is 10.6 Å². The Morgan fingerprint density at radius 2 is 0.792 bits per heavy atom. The lowest BCUT2D eigenvalue weighted by atomic mass is 10.3. The first-order chi connectivity index (χ1) is 11.8. The van der Waals surface area contributed by atoms with Crippen molar-refractivity contribution in [1.82, 2.24) is 0 Å². The smallest absolute Gasteiger partial charge is 0.314 e. The fourth-order valence-electron chi connectivity index (χ4n) is 1.42. The summed E-state index contributed by atoms with van der Waals surface area (Å²) < 4.78 is 0. The first kappa shape index (κ1) is 23.6. The molecule has 24 heavy (non-hydrogen) atoms. The molecule has 0 saturated heterocycles. The minimum Gasteiger partial charge on any atom is -0.318 e. The number of amides is 2. The lowest BCUT2D eigenvalue weighted by molar-refractivity contribution is -0.132. The fourth-order valence-corrected chi connectivity index (χ4v) is 1.42. The van der Waals surface area contributed by atoms with Crippen LogP contribution in [0.3, 0.4) is 0 Å². The van der Waals surface area contributed by atoms with E-state index < -0.39 is 11.8 Å². The topological polar surface area (TPSA) is 58.2 Å². The van der Waals surface area contributed by atoms with E-state index in [1.54, 1.807) is 48.5 Å². The highest BCUT2D eigenvalue weighted by Gasteiger charge is 2.13. The van der Waals surface area contributed by atoms with E-state index in [4.69, 9.17) is 0 Å². The van der Waals surface area contributed by atoms with Gasteiger partial charge in [0, 0.05) is 11.4 Å². The van der Waals surface area contributed by atoms with Crippen molar-refractivity contribution in [1.29, 1.82) is 0 Å². The van der Waals surface area contributed by atoms with Crippen LogP contribution in [0.2, 0.25) is 0 Å². The van der Waals surface area contributed by atoms with Gasteiger partial charge in [0.25, 0.3) is 0 Å². The molecule has 2 rings (SSSR count). The van der Waals surface area contributed by atoms with Gasteiger partial charge in [-0.2, -0.15) is 0 Å². The standard InChI is InChI=1S/C14H12N2O2.3C2H6/c17-13(15-11-7-3-1-4-8-11)14(18)16-12-9-5-2-6-10-12;3*1-2/h1-10H,(H,15,17)(H,16,18);3*1-2H3. The molecule has 2 amide bonds. The average Bonchev–Trinajstić information content (AvgIpc) is 2.68. The lowest BCUT2D eigenvalue weighted by Crippen LogP contribution is -2.28. The van der Waals surface area contributed by atoms with Crippen LogP contribution in [0.5, 0.6) is 0 Å². The second-order valence-corrected chi connectivity index (χ2v) is 3.64. The molecule has 0 aromatic heterocycles. The first-order valence-corrected chi connectivity index (χ1v) is 8.48. The lowest BCUT2D eigenvalue weighted by Gasteiger charge is -2.05. The summed E-state index contributed by atoms with van der Waals surface area (Å²) in [5.74, 6) is -1.38. The minimum atomic E-state index is -0.690. The van der Waals surface area contributed by atoms with Gasteiger partial charge in [-0.15, -0.1) is 0 Å². The Bertz CT molecular complexity index is 489. The zero-order chi connectivity index (χ0) is 18.8. The predicted molar refractivity (Wildman–Crippen MR) is 104 cm³/mol. The van der Waals surface area contributed by atoms with E-state index in [0.717, 1.165) is 0 Å². The van der Waals surface area contributed by atoms with Crippen molar-refractivity contribution in [2.75, 3.05) is 10.6 Å². The third-order valence-corrected chi connectivity index (χ3v) is 2.27. The van der Waals surface area contributed by atoms with Gasteiger partial charge in [-0.1, -0.05) is 77.9 Å². The van der Waals surface area contributed by atoms with Crippen molar-refractivity contribution in [2.45, 2.75) is 41.5 Å². The van der Waals surface area contributed by atoms with Crippen molar-refractivity contribution in [3.63, 3.8) is 0 Å². The molecule has 4 heteroatoms. The molecule has 0 aliphatic rings. The van der Waals surface area contributed by atoms with Gasteiger partial charge in [-0.3, -0.25) is 9.59 Å². The SMILES string of the molecule is CC.CC.CC.O=C(Nc1ccccc1)C(=O)Nc1ccccc1. The molecule has 0 aliphatic heterocycles. The number of rotatable bonds is 2. The third-order valence-electron chi connectivity index (χ3n) is 2.27. The van der Waals surface area contributed by atoms with Gasteiger partial charge in [0.15, 0.2) is 0 Å². The maximum absolute atomic E-state index is 11.6. The van der Waals surface area contributed by atoms with Crippen LogP contribution in [0.1, 0.15) is 41.5 Å². The maximum Gasteiger partial charge on any atom is 0.314 e. The van der Waals surface area contributed by atoms with Gasteiger partial charge in [0.2, 0.25) is 0 Å². The van der Waals surface area contributed by atoms with Crippen molar-refractivity contribution in [2.24, 2.45) is 0 Å². The maximum atomic E-state index is 11.6. The number of hydrogen-bond donors (Lipinski definition) is 2. The van der Waals surface area contributed by atoms with E-state index in [9.17, 15) is 9.59 Å². The van der Waals surface area contributed by atoms with Crippen molar-refractivity contribution >= 4 is 23.2 Å². The largest absolute Gasteiger partial charge is 0.318 e. The molecular weight excluding hydrogens is 300 g/mol. The molecule has 0 radical (unpaired) electrons. The van der Waals surface area contributed by atoms with E-state index in [2.05, 4.69) is 10.6 Å². The van der Waals surface area contributed by atoms with E-state index >= 15 is 0 Å². The predicted octanol–water partition coefficient (Wildman–Crippen LogP) is 5.34. The van der Waals surface area contributed by atoms with Crippen LogP contribution in [-0.2, 0) is 9.59 Å². The molecule has 2 N–H and O–H groups in total. The molecule has 0 atom stereocenters. The highest BCUT2D eigenvalue weighted by atomic mass is 16.2. The Balaban J connectivity index is 0. The summed E-state index contributed by atoms with van der Waals surface area (Å²) >= 11 is 0. The zero-order valence-corrected chi connectivity index (χ0v) is 15.6. The number of benzene rings is 2. The molecule has 0 heterocycles. The summed E-state index contributed by atoms with van der Waals surface area (Å²) in [5, 5.41) is 5.02. The Hall–Kier alpha value is -2.62. The van der Waals surface area contributed by atoms with Gasteiger partial charge in [0.05, 0.1) is 0 Å².